The standard InChI is InChI=1S/C24H37N5O.HI/c1-6-25-24(26-15-17(2)23-19(4)28-30-20(23)5)27-22-12-13-29(18(3)14-22)16-21-10-8-7-9-11-21;/h7-11,17-18,22H,6,12-16H2,1-5H3,(H2,25,26,27);1H. The molecule has 1 aliphatic heterocycles. The number of aromatic nitrogens is 1. The summed E-state index contributed by atoms with van der Waals surface area (Å²) in [4.78, 5) is 7.45. The Labute approximate surface area is 204 Å². The van der Waals surface area contributed by atoms with Crippen LogP contribution in [-0.2, 0) is 6.54 Å². The van der Waals surface area contributed by atoms with Crippen molar-refractivity contribution < 1.29 is 4.52 Å². The highest BCUT2D eigenvalue weighted by Crippen LogP contribution is 2.23. The molecule has 6 nitrogen and oxygen atoms in total. The molecule has 0 aliphatic carbocycles. The van der Waals surface area contributed by atoms with Gasteiger partial charge in [-0.15, -0.1) is 24.0 Å². The molecular weight excluding hydrogens is 501 g/mol. The molecule has 1 saturated heterocycles. The summed E-state index contributed by atoms with van der Waals surface area (Å²) in [6, 6.07) is 11.7. The number of guanidine groups is 1. The van der Waals surface area contributed by atoms with Gasteiger partial charge < -0.3 is 15.2 Å². The lowest BCUT2D eigenvalue weighted by Gasteiger charge is -2.38. The summed E-state index contributed by atoms with van der Waals surface area (Å²) in [6.45, 7) is 14.3. The quantitative estimate of drug-likeness (QED) is 0.306. The van der Waals surface area contributed by atoms with Gasteiger partial charge in [-0.25, -0.2) is 0 Å². The molecule has 0 amide bonds. The minimum absolute atomic E-state index is 0. The maximum Gasteiger partial charge on any atom is 0.191 e. The van der Waals surface area contributed by atoms with E-state index in [0.717, 1.165) is 49.9 Å². The van der Waals surface area contributed by atoms with Gasteiger partial charge in [0.2, 0.25) is 0 Å². The Morgan fingerprint density at radius 2 is 2.03 bits per heavy atom. The van der Waals surface area contributed by atoms with Crippen LogP contribution in [0, 0.1) is 13.8 Å². The van der Waals surface area contributed by atoms with Crippen molar-refractivity contribution in [3.05, 3.63) is 52.9 Å². The molecule has 3 atom stereocenters. The molecule has 1 fully saturated rings. The van der Waals surface area contributed by atoms with Crippen molar-refractivity contribution in [3.63, 3.8) is 0 Å². The van der Waals surface area contributed by atoms with Gasteiger partial charge in [-0.3, -0.25) is 9.89 Å². The van der Waals surface area contributed by atoms with Gasteiger partial charge in [-0.05, 0) is 46.1 Å². The van der Waals surface area contributed by atoms with Crippen molar-refractivity contribution in [3.8, 4) is 0 Å². The van der Waals surface area contributed by atoms with E-state index in [4.69, 9.17) is 9.52 Å². The van der Waals surface area contributed by atoms with E-state index in [1.807, 2.05) is 13.8 Å². The van der Waals surface area contributed by atoms with Crippen molar-refractivity contribution in [1.82, 2.24) is 20.7 Å². The Balaban J connectivity index is 0.00000341. The van der Waals surface area contributed by atoms with Crippen molar-refractivity contribution >= 4 is 29.9 Å². The molecule has 3 unspecified atom stereocenters. The van der Waals surface area contributed by atoms with Crippen LogP contribution >= 0.6 is 24.0 Å². The number of halogens is 1. The molecule has 2 heterocycles. The highest BCUT2D eigenvalue weighted by Gasteiger charge is 2.26. The van der Waals surface area contributed by atoms with Gasteiger partial charge in [-0.2, -0.15) is 0 Å². The van der Waals surface area contributed by atoms with Gasteiger partial charge >= 0.3 is 0 Å². The predicted octanol–water partition coefficient (Wildman–Crippen LogP) is 4.62. The summed E-state index contributed by atoms with van der Waals surface area (Å²) in [5, 5.41) is 11.2. The Morgan fingerprint density at radius 1 is 1.29 bits per heavy atom. The maximum atomic E-state index is 5.32. The molecule has 2 N–H and O–H groups in total. The van der Waals surface area contributed by atoms with Gasteiger partial charge in [0.15, 0.2) is 5.96 Å². The highest BCUT2D eigenvalue weighted by molar-refractivity contribution is 14.0. The van der Waals surface area contributed by atoms with Gasteiger partial charge in [0.05, 0.1) is 5.69 Å². The molecule has 3 rings (SSSR count). The molecule has 172 valence electrons. The zero-order valence-electron chi connectivity index (χ0n) is 19.5. The molecule has 1 aromatic heterocycles. The van der Waals surface area contributed by atoms with Crippen LogP contribution in [-0.4, -0.2) is 47.7 Å². The minimum Gasteiger partial charge on any atom is -0.361 e. The number of nitrogens with zero attached hydrogens (tertiary/aromatic N) is 3. The van der Waals surface area contributed by atoms with Crippen molar-refractivity contribution in [2.45, 2.75) is 72.0 Å². The fourth-order valence-corrected chi connectivity index (χ4v) is 4.43. The molecule has 0 radical (unpaired) electrons. The van der Waals surface area contributed by atoms with E-state index in [0.29, 0.717) is 18.6 Å². The average molecular weight is 540 g/mol. The van der Waals surface area contributed by atoms with Crippen LogP contribution in [0.25, 0.3) is 0 Å². The fraction of sp³-hybridized carbons (Fsp3) is 0.583. The summed E-state index contributed by atoms with van der Waals surface area (Å²) in [6.07, 6.45) is 2.25. The molecule has 2 aromatic rings. The summed E-state index contributed by atoms with van der Waals surface area (Å²) in [5.74, 6) is 2.08. The third-order valence-corrected chi connectivity index (χ3v) is 6.03. The van der Waals surface area contributed by atoms with Crippen molar-refractivity contribution in [2.24, 2.45) is 4.99 Å². The first kappa shape index (κ1) is 25.6. The van der Waals surface area contributed by atoms with Crippen molar-refractivity contribution in [1.29, 1.82) is 0 Å². The SMILES string of the molecule is CCNC(=NCC(C)c1c(C)noc1C)NC1CCN(Cc2ccccc2)C(C)C1.I. The molecule has 0 spiro atoms. The number of hydrogen-bond donors (Lipinski definition) is 2. The number of aliphatic imine (C=N–C) groups is 1. The third-order valence-electron chi connectivity index (χ3n) is 6.03. The van der Waals surface area contributed by atoms with E-state index < -0.39 is 0 Å². The van der Waals surface area contributed by atoms with Crippen LogP contribution in [0.1, 0.15) is 62.1 Å². The summed E-state index contributed by atoms with van der Waals surface area (Å²) in [5.41, 5.74) is 3.53. The first-order chi connectivity index (χ1) is 14.5. The molecule has 31 heavy (non-hydrogen) atoms. The van der Waals surface area contributed by atoms with Gasteiger partial charge in [0, 0.05) is 49.7 Å². The van der Waals surface area contributed by atoms with Crippen LogP contribution in [0.2, 0.25) is 0 Å². The number of rotatable bonds is 7. The highest BCUT2D eigenvalue weighted by atomic mass is 127. The molecule has 7 heteroatoms. The van der Waals surface area contributed by atoms with E-state index >= 15 is 0 Å². The molecular formula is C24H38IN5O. The first-order valence-electron chi connectivity index (χ1n) is 11.2. The lowest BCUT2D eigenvalue weighted by molar-refractivity contribution is 0.134. The minimum atomic E-state index is 0. The number of nitrogens with one attached hydrogen (secondary N) is 2. The molecule has 0 saturated carbocycles. The zero-order valence-corrected chi connectivity index (χ0v) is 21.8. The first-order valence-corrected chi connectivity index (χ1v) is 11.2. The van der Waals surface area contributed by atoms with E-state index in [2.05, 4.69) is 71.8 Å². The van der Waals surface area contributed by atoms with E-state index in [1.165, 1.54) is 11.1 Å². The van der Waals surface area contributed by atoms with Gasteiger partial charge in [-0.1, -0.05) is 42.4 Å². The Hall–Kier alpha value is -1.61. The number of aryl methyl sites for hydroxylation is 2. The summed E-state index contributed by atoms with van der Waals surface area (Å²) in [7, 11) is 0. The topological polar surface area (TPSA) is 65.7 Å². The predicted molar refractivity (Wildman–Crippen MR) is 138 cm³/mol. The Kier molecular flexibility index (Phi) is 10.3. The Bertz CT molecular complexity index is 803. The summed E-state index contributed by atoms with van der Waals surface area (Å²) < 4.78 is 5.32. The van der Waals surface area contributed by atoms with Crippen LogP contribution in [0.3, 0.4) is 0 Å². The average Bonchev–Trinajstić information content (AvgIpc) is 3.07. The second-order valence-corrected chi connectivity index (χ2v) is 8.53. The number of hydrogen-bond acceptors (Lipinski definition) is 4. The molecule has 0 bridgehead atoms. The molecule has 1 aromatic carbocycles. The smallest absolute Gasteiger partial charge is 0.191 e. The second kappa shape index (κ2) is 12.4. The summed E-state index contributed by atoms with van der Waals surface area (Å²) >= 11 is 0. The Morgan fingerprint density at radius 3 is 2.65 bits per heavy atom. The zero-order chi connectivity index (χ0) is 21.5. The fourth-order valence-electron chi connectivity index (χ4n) is 4.43. The van der Waals surface area contributed by atoms with Crippen LogP contribution in [0.15, 0.2) is 39.8 Å². The maximum absolute atomic E-state index is 5.32. The van der Waals surface area contributed by atoms with Gasteiger partial charge in [0.1, 0.15) is 5.76 Å². The van der Waals surface area contributed by atoms with Crippen LogP contribution in [0.5, 0.6) is 0 Å². The largest absolute Gasteiger partial charge is 0.361 e. The lowest BCUT2D eigenvalue weighted by Crippen LogP contribution is -2.51. The van der Waals surface area contributed by atoms with Crippen LogP contribution < -0.4 is 10.6 Å². The second-order valence-electron chi connectivity index (χ2n) is 8.53. The number of likely N-dealkylation sites (tertiary alicyclic amines) is 1. The van der Waals surface area contributed by atoms with Gasteiger partial charge in [0.25, 0.3) is 0 Å². The lowest BCUT2D eigenvalue weighted by atomic mass is 9.97. The third kappa shape index (κ3) is 7.20. The van der Waals surface area contributed by atoms with E-state index in [9.17, 15) is 0 Å². The van der Waals surface area contributed by atoms with E-state index in [1.54, 1.807) is 0 Å². The molecule has 1 aliphatic rings. The number of benzene rings is 1. The van der Waals surface area contributed by atoms with Crippen molar-refractivity contribution in [2.75, 3.05) is 19.6 Å². The van der Waals surface area contributed by atoms with Crippen LogP contribution in [0.4, 0.5) is 0 Å². The number of piperidine rings is 1. The monoisotopic (exact) mass is 539 g/mol. The normalized spacial score (nSPS) is 20.7. The van der Waals surface area contributed by atoms with E-state index in [-0.39, 0.29) is 29.9 Å².